The maximum Gasteiger partial charge on any atom is 0.260 e. The Balaban J connectivity index is 1.46. The van der Waals surface area contributed by atoms with Gasteiger partial charge < -0.3 is 19.7 Å². The second kappa shape index (κ2) is 10.3. The number of pyridine rings is 1. The molecule has 152 valence electrons. The van der Waals surface area contributed by atoms with Crippen molar-refractivity contribution in [2.24, 2.45) is 0 Å². The molecule has 10 heteroatoms. The maximum atomic E-state index is 12.2. The van der Waals surface area contributed by atoms with Crippen LogP contribution < -0.4 is 15.4 Å². The van der Waals surface area contributed by atoms with Crippen molar-refractivity contribution in [3.8, 4) is 5.75 Å². The van der Waals surface area contributed by atoms with Crippen molar-refractivity contribution < 1.29 is 19.1 Å². The average Bonchev–Trinajstić information content (AvgIpc) is 2.73. The van der Waals surface area contributed by atoms with Crippen molar-refractivity contribution >= 4 is 50.8 Å². The molecule has 2 N–H and O–H groups in total. The lowest BCUT2D eigenvalue weighted by Gasteiger charge is -2.26. The number of thiocarbonyl (C=S) groups is 1. The fourth-order valence-electron chi connectivity index (χ4n) is 2.56. The second-order valence-electron chi connectivity index (χ2n) is 6.11. The van der Waals surface area contributed by atoms with Crippen molar-refractivity contribution in [1.82, 2.24) is 15.2 Å². The lowest BCUT2D eigenvalue weighted by atomic mass is 10.3. The molecule has 0 radical (unpaired) electrons. The van der Waals surface area contributed by atoms with E-state index in [1.807, 2.05) is 0 Å². The van der Waals surface area contributed by atoms with Crippen LogP contribution >= 0.6 is 28.1 Å². The van der Waals surface area contributed by atoms with Gasteiger partial charge in [0, 0.05) is 35.6 Å². The van der Waals surface area contributed by atoms with Crippen molar-refractivity contribution in [1.29, 1.82) is 0 Å². The summed E-state index contributed by atoms with van der Waals surface area (Å²) < 4.78 is 11.5. The summed E-state index contributed by atoms with van der Waals surface area (Å²) in [4.78, 5) is 29.9. The van der Waals surface area contributed by atoms with E-state index in [4.69, 9.17) is 21.7 Å². The first-order valence-electron chi connectivity index (χ1n) is 8.82. The van der Waals surface area contributed by atoms with Gasteiger partial charge in [-0.15, -0.1) is 0 Å². The van der Waals surface area contributed by atoms with E-state index in [1.54, 1.807) is 41.4 Å². The Morgan fingerprint density at radius 2 is 1.93 bits per heavy atom. The van der Waals surface area contributed by atoms with E-state index in [-0.39, 0.29) is 23.5 Å². The van der Waals surface area contributed by atoms with Crippen LogP contribution in [0.15, 0.2) is 47.2 Å². The van der Waals surface area contributed by atoms with Crippen LogP contribution in [0.4, 0.5) is 5.69 Å². The third kappa shape index (κ3) is 6.48. The van der Waals surface area contributed by atoms with Gasteiger partial charge in [-0.1, -0.05) is 0 Å². The summed E-state index contributed by atoms with van der Waals surface area (Å²) in [6.07, 6.45) is 3.04. The molecule has 1 saturated heterocycles. The summed E-state index contributed by atoms with van der Waals surface area (Å²) in [6.45, 7) is 2.26. The van der Waals surface area contributed by atoms with Crippen LogP contribution in [0, 0.1) is 0 Å². The number of rotatable bonds is 5. The molecule has 0 saturated carbocycles. The third-order valence-corrected chi connectivity index (χ3v) is 4.67. The Morgan fingerprint density at radius 1 is 1.21 bits per heavy atom. The van der Waals surface area contributed by atoms with Gasteiger partial charge >= 0.3 is 0 Å². The van der Waals surface area contributed by atoms with E-state index in [9.17, 15) is 9.59 Å². The highest BCUT2D eigenvalue weighted by atomic mass is 79.9. The molecule has 29 heavy (non-hydrogen) atoms. The quantitative estimate of drug-likeness (QED) is 0.636. The molecular formula is C19H19BrN4O4S. The fraction of sp³-hybridized carbons (Fsp3) is 0.263. The summed E-state index contributed by atoms with van der Waals surface area (Å²) in [5.41, 5.74) is 1.06. The minimum absolute atomic E-state index is 0.0259. The summed E-state index contributed by atoms with van der Waals surface area (Å²) in [5, 5.41) is 5.67. The predicted molar refractivity (Wildman–Crippen MR) is 115 cm³/mol. The molecule has 0 aliphatic carbocycles. The van der Waals surface area contributed by atoms with Gasteiger partial charge in [0.05, 0.1) is 18.8 Å². The molecule has 0 atom stereocenters. The molecule has 8 nitrogen and oxygen atoms in total. The summed E-state index contributed by atoms with van der Waals surface area (Å²) in [7, 11) is 0. The zero-order valence-electron chi connectivity index (χ0n) is 15.4. The number of nitrogens with zero attached hydrogens (tertiary/aromatic N) is 2. The van der Waals surface area contributed by atoms with Crippen LogP contribution in [0.25, 0.3) is 0 Å². The smallest absolute Gasteiger partial charge is 0.260 e. The van der Waals surface area contributed by atoms with E-state index in [1.165, 1.54) is 6.20 Å². The van der Waals surface area contributed by atoms with Crippen molar-refractivity contribution in [3.05, 3.63) is 52.8 Å². The lowest BCUT2D eigenvalue weighted by molar-refractivity contribution is -0.137. The molecule has 1 aliphatic heterocycles. The Kier molecular flexibility index (Phi) is 7.50. The van der Waals surface area contributed by atoms with E-state index in [0.29, 0.717) is 47.8 Å². The second-order valence-corrected chi connectivity index (χ2v) is 7.43. The number of morpholine rings is 1. The molecular weight excluding hydrogens is 460 g/mol. The lowest BCUT2D eigenvalue weighted by Crippen LogP contribution is -2.42. The Bertz CT molecular complexity index is 888. The van der Waals surface area contributed by atoms with Crippen LogP contribution in [-0.4, -0.2) is 59.7 Å². The summed E-state index contributed by atoms with van der Waals surface area (Å²) in [5.74, 6) is 0.131. The van der Waals surface area contributed by atoms with Crippen LogP contribution in [0.5, 0.6) is 5.75 Å². The van der Waals surface area contributed by atoms with E-state index < -0.39 is 0 Å². The number of ether oxygens (including phenoxy) is 2. The van der Waals surface area contributed by atoms with Gasteiger partial charge in [0.2, 0.25) is 0 Å². The zero-order valence-corrected chi connectivity index (χ0v) is 17.8. The highest BCUT2D eigenvalue weighted by Gasteiger charge is 2.17. The fourth-order valence-corrected chi connectivity index (χ4v) is 3.13. The maximum absolute atomic E-state index is 12.2. The van der Waals surface area contributed by atoms with Gasteiger partial charge in [0.25, 0.3) is 11.8 Å². The predicted octanol–water partition coefficient (Wildman–Crippen LogP) is 2.21. The van der Waals surface area contributed by atoms with Gasteiger partial charge in [-0.05, 0) is 58.5 Å². The molecule has 1 aromatic carbocycles. The number of halogens is 1. The first-order valence-corrected chi connectivity index (χ1v) is 10.0. The first kappa shape index (κ1) is 21.2. The van der Waals surface area contributed by atoms with Gasteiger partial charge in [0.1, 0.15) is 5.75 Å². The van der Waals surface area contributed by atoms with Crippen LogP contribution in [0.2, 0.25) is 0 Å². The van der Waals surface area contributed by atoms with E-state index in [0.717, 1.165) is 0 Å². The summed E-state index contributed by atoms with van der Waals surface area (Å²) >= 11 is 8.44. The number of carbonyl (C=O) groups is 2. The average molecular weight is 479 g/mol. The van der Waals surface area contributed by atoms with Gasteiger partial charge in [-0.25, -0.2) is 0 Å². The topological polar surface area (TPSA) is 92.8 Å². The molecule has 0 bridgehead atoms. The molecule has 1 fully saturated rings. The Hall–Kier alpha value is -2.56. The minimum atomic E-state index is -0.363. The third-order valence-electron chi connectivity index (χ3n) is 4.03. The first-order chi connectivity index (χ1) is 14.0. The van der Waals surface area contributed by atoms with Crippen LogP contribution in [-0.2, 0) is 9.53 Å². The van der Waals surface area contributed by atoms with Crippen LogP contribution in [0.3, 0.4) is 0 Å². The molecule has 1 aliphatic rings. The molecule has 0 unspecified atom stereocenters. The normalized spacial score (nSPS) is 13.5. The van der Waals surface area contributed by atoms with E-state index in [2.05, 4.69) is 31.5 Å². The van der Waals surface area contributed by atoms with Crippen LogP contribution in [0.1, 0.15) is 10.4 Å². The summed E-state index contributed by atoms with van der Waals surface area (Å²) in [6, 6.07) is 8.58. The number of nitrogens with one attached hydrogen (secondary N) is 2. The van der Waals surface area contributed by atoms with Crippen molar-refractivity contribution in [2.45, 2.75) is 0 Å². The van der Waals surface area contributed by atoms with Gasteiger partial charge in [-0.3, -0.25) is 19.9 Å². The molecule has 0 spiro atoms. The molecule has 2 heterocycles. The molecule has 2 aromatic rings. The number of hydrogen-bond donors (Lipinski definition) is 2. The number of benzene rings is 1. The van der Waals surface area contributed by atoms with Gasteiger partial charge in [0.15, 0.2) is 11.7 Å². The monoisotopic (exact) mass is 478 g/mol. The molecule has 1 aromatic heterocycles. The zero-order chi connectivity index (χ0) is 20.6. The molecule has 3 rings (SSSR count). The number of carbonyl (C=O) groups excluding carboxylic acids is 2. The minimum Gasteiger partial charge on any atom is -0.484 e. The highest BCUT2D eigenvalue weighted by molar-refractivity contribution is 9.10. The SMILES string of the molecule is O=C(NC(=S)Nc1ccc(OCC(=O)N2CCOCC2)cc1)c1cncc(Br)c1. The van der Waals surface area contributed by atoms with Crippen molar-refractivity contribution in [2.75, 3.05) is 38.2 Å². The highest BCUT2D eigenvalue weighted by Crippen LogP contribution is 2.16. The van der Waals surface area contributed by atoms with Gasteiger partial charge in [-0.2, -0.15) is 0 Å². The van der Waals surface area contributed by atoms with Crippen molar-refractivity contribution in [3.63, 3.8) is 0 Å². The number of aromatic nitrogens is 1. The number of hydrogen-bond acceptors (Lipinski definition) is 6. The number of anilines is 1. The Labute approximate surface area is 181 Å². The largest absolute Gasteiger partial charge is 0.484 e. The Morgan fingerprint density at radius 3 is 2.62 bits per heavy atom. The standard InChI is InChI=1S/C19H19BrN4O4S/c20-14-9-13(10-21-11-14)18(26)23-19(29)22-15-1-3-16(4-2-15)28-12-17(25)24-5-7-27-8-6-24/h1-4,9-11H,5-8,12H2,(H2,22,23,26,29). The molecule has 2 amide bonds. The number of amides is 2. The van der Waals surface area contributed by atoms with E-state index >= 15 is 0 Å².